The maximum absolute atomic E-state index is 9.00. The van der Waals surface area contributed by atoms with Crippen molar-refractivity contribution in [2.45, 2.75) is 17.6 Å². The van der Waals surface area contributed by atoms with Gasteiger partial charge in [-0.15, -0.1) is 0 Å². The lowest BCUT2D eigenvalue weighted by atomic mass is 10.2. The van der Waals surface area contributed by atoms with E-state index in [0.29, 0.717) is 10.3 Å². The van der Waals surface area contributed by atoms with Crippen molar-refractivity contribution in [1.29, 1.82) is 5.26 Å². The van der Waals surface area contributed by atoms with Crippen LogP contribution in [0, 0.1) is 11.3 Å². The van der Waals surface area contributed by atoms with Crippen molar-refractivity contribution in [3.8, 4) is 6.07 Å². The number of nitriles is 1. The fraction of sp³-hybridized carbons (Fsp3) is 0.417. The van der Waals surface area contributed by atoms with Crippen LogP contribution in [0.15, 0.2) is 22.7 Å². The number of halogens is 1. The summed E-state index contributed by atoms with van der Waals surface area (Å²) in [6.07, 6.45) is 4.70. The van der Waals surface area contributed by atoms with Gasteiger partial charge >= 0.3 is 0 Å². The minimum atomic E-state index is 0.412. The van der Waals surface area contributed by atoms with Crippen LogP contribution in [0.4, 0.5) is 5.69 Å². The third-order valence-corrected chi connectivity index (χ3v) is 4.86. The zero-order valence-corrected chi connectivity index (χ0v) is 11.5. The normalized spacial score (nSPS) is 16.6. The van der Waals surface area contributed by atoms with E-state index in [9.17, 15) is 0 Å². The molecule has 0 saturated heterocycles. The molecule has 0 aromatic heterocycles. The van der Waals surface area contributed by atoms with Crippen LogP contribution in [-0.2, 0) is 0 Å². The Morgan fingerprint density at radius 2 is 2.31 bits per heavy atom. The van der Waals surface area contributed by atoms with Gasteiger partial charge in [-0.1, -0.05) is 15.9 Å². The highest BCUT2D eigenvalue weighted by molar-refractivity contribution is 9.10. The second-order valence-electron chi connectivity index (χ2n) is 4.04. The van der Waals surface area contributed by atoms with Crippen molar-refractivity contribution in [2.75, 3.05) is 18.1 Å². The molecule has 0 amide bonds. The molecule has 84 valence electrons. The second-order valence-corrected chi connectivity index (χ2v) is 6.23. The SMILES string of the molecule is CSC1(CNc2cc(Br)ccc2C#N)CC1. The van der Waals surface area contributed by atoms with Crippen molar-refractivity contribution in [2.24, 2.45) is 0 Å². The second kappa shape index (κ2) is 4.68. The third kappa shape index (κ3) is 2.53. The van der Waals surface area contributed by atoms with Gasteiger partial charge in [0.25, 0.3) is 0 Å². The van der Waals surface area contributed by atoms with E-state index in [-0.39, 0.29) is 0 Å². The van der Waals surface area contributed by atoms with E-state index >= 15 is 0 Å². The Bertz CT molecular complexity index is 435. The molecule has 1 aliphatic rings. The molecule has 0 unspecified atom stereocenters. The lowest BCUT2D eigenvalue weighted by Crippen LogP contribution is -2.17. The topological polar surface area (TPSA) is 35.8 Å². The van der Waals surface area contributed by atoms with E-state index < -0.39 is 0 Å². The summed E-state index contributed by atoms with van der Waals surface area (Å²) < 4.78 is 1.41. The molecule has 0 atom stereocenters. The fourth-order valence-electron chi connectivity index (χ4n) is 1.61. The number of nitrogens with one attached hydrogen (secondary N) is 1. The summed E-state index contributed by atoms with van der Waals surface area (Å²) in [6, 6.07) is 7.91. The van der Waals surface area contributed by atoms with E-state index in [4.69, 9.17) is 5.26 Å². The molecule has 1 aromatic rings. The number of rotatable bonds is 4. The zero-order chi connectivity index (χ0) is 11.6. The Labute approximate surface area is 109 Å². The predicted octanol–water partition coefficient (Wildman–Crippen LogP) is 3.63. The number of hydrogen-bond donors (Lipinski definition) is 1. The van der Waals surface area contributed by atoms with Crippen LogP contribution >= 0.6 is 27.7 Å². The first-order valence-electron chi connectivity index (χ1n) is 5.18. The summed E-state index contributed by atoms with van der Waals surface area (Å²) in [7, 11) is 0. The molecule has 2 rings (SSSR count). The van der Waals surface area contributed by atoms with Gasteiger partial charge in [0.15, 0.2) is 0 Å². The summed E-state index contributed by atoms with van der Waals surface area (Å²) in [5.41, 5.74) is 1.64. The average Bonchev–Trinajstić information content (AvgIpc) is 3.07. The summed E-state index contributed by atoms with van der Waals surface area (Å²) in [6.45, 7) is 0.944. The largest absolute Gasteiger partial charge is 0.383 e. The lowest BCUT2D eigenvalue weighted by Gasteiger charge is -2.15. The lowest BCUT2D eigenvalue weighted by molar-refractivity contribution is 0.948. The van der Waals surface area contributed by atoms with E-state index in [2.05, 4.69) is 33.6 Å². The maximum Gasteiger partial charge on any atom is 0.101 e. The molecule has 0 spiro atoms. The van der Waals surface area contributed by atoms with Gasteiger partial charge in [0, 0.05) is 15.8 Å². The van der Waals surface area contributed by atoms with Crippen molar-refractivity contribution in [3.05, 3.63) is 28.2 Å². The van der Waals surface area contributed by atoms with Gasteiger partial charge in [-0.2, -0.15) is 17.0 Å². The molecular formula is C12H13BrN2S. The molecule has 4 heteroatoms. The molecule has 1 saturated carbocycles. The molecule has 1 N–H and O–H groups in total. The summed E-state index contributed by atoms with van der Waals surface area (Å²) in [5, 5.41) is 12.4. The van der Waals surface area contributed by atoms with Crippen LogP contribution in [0.5, 0.6) is 0 Å². The number of nitrogens with zero attached hydrogens (tertiary/aromatic N) is 1. The molecule has 16 heavy (non-hydrogen) atoms. The van der Waals surface area contributed by atoms with Gasteiger partial charge in [0.05, 0.1) is 11.3 Å². The minimum absolute atomic E-state index is 0.412. The molecular weight excluding hydrogens is 284 g/mol. The fourth-order valence-corrected chi connectivity index (χ4v) is 2.70. The molecule has 1 fully saturated rings. The quantitative estimate of drug-likeness (QED) is 0.922. The molecule has 1 aromatic carbocycles. The van der Waals surface area contributed by atoms with E-state index in [1.807, 2.05) is 30.0 Å². The summed E-state index contributed by atoms with van der Waals surface area (Å²) in [5.74, 6) is 0. The Morgan fingerprint density at radius 1 is 1.56 bits per heavy atom. The first-order chi connectivity index (χ1) is 7.69. The van der Waals surface area contributed by atoms with Gasteiger partial charge in [-0.25, -0.2) is 0 Å². The van der Waals surface area contributed by atoms with E-state index in [1.54, 1.807) is 0 Å². The Hall–Kier alpha value is -0.660. The van der Waals surface area contributed by atoms with Crippen molar-refractivity contribution >= 4 is 33.4 Å². The number of anilines is 1. The molecule has 1 aliphatic carbocycles. The first kappa shape index (κ1) is 11.8. The molecule has 0 heterocycles. The average molecular weight is 297 g/mol. The zero-order valence-electron chi connectivity index (χ0n) is 9.09. The monoisotopic (exact) mass is 296 g/mol. The van der Waals surface area contributed by atoms with Crippen LogP contribution in [0.2, 0.25) is 0 Å². The summed E-state index contributed by atoms with van der Waals surface area (Å²) >= 11 is 5.34. The number of hydrogen-bond acceptors (Lipinski definition) is 3. The molecule has 0 radical (unpaired) electrons. The van der Waals surface area contributed by atoms with Crippen molar-refractivity contribution < 1.29 is 0 Å². The third-order valence-electron chi connectivity index (χ3n) is 2.94. The van der Waals surface area contributed by atoms with Crippen LogP contribution in [-0.4, -0.2) is 17.5 Å². The van der Waals surface area contributed by atoms with Crippen LogP contribution in [0.25, 0.3) is 0 Å². The Kier molecular flexibility index (Phi) is 3.46. The van der Waals surface area contributed by atoms with Crippen molar-refractivity contribution in [3.63, 3.8) is 0 Å². The Balaban J connectivity index is 2.09. The van der Waals surface area contributed by atoms with Crippen LogP contribution in [0.1, 0.15) is 18.4 Å². The summed E-state index contributed by atoms with van der Waals surface area (Å²) in [4.78, 5) is 0. The molecule has 0 aliphatic heterocycles. The number of thioether (sulfide) groups is 1. The smallest absolute Gasteiger partial charge is 0.101 e. The highest BCUT2D eigenvalue weighted by Crippen LogP contribution is 2.47. The molecule has 2 nitrogen and oxygen atoms in total. The first-order valence-corrected chi connectivity index (χ1v) is 7.19. The highest BCUT2D eigenvalue weighted by Gasteiger charge is 2.41. The van der Waals surface area contributed by atoms with Crippen LogP contribution < -0.4 is 5.32 Å². The minimum Gasteiger partial charge on any atom is -0.383 e. The standard InChI is InChI=1S/C12H13BrN2S/c1-16-12(4-5-12)8-15-11-6-10(13)3-2-9(11)7-14/h2-3,6,15H,4-5,8H2,1H3. The van der Waals surface area contributed by atoms with Gasteiger partial charge < -0.3 is 5.32 Å². The molecule has 0 bridgehead atoms. The van der Waals surface area contributed by atoms with E-state index in [1.165, 1.54) is 12.8 Å². The van der Waals surface area contributed by atoms with Gasteiger partial charge in [0.2, 0.25) is 0 Å². The maximum atomic E-state index is 9.00. The predicted molar refractivity (Wildman–Crippen MR) is 72.8 cm³/mol. The van der Waals surface area contributed by atoms with Gasteiger partial charge in [0.1, 0.15) is 6.07 Å². The van der Waals surface area contributed by atoms with Crippen molar-refractivity contribution in [1.82, 2.24) is 0 Å². The Morgan fingerprint density at radius 3 is 2.88 bits per heavy atom. The van der Waals surface area contributed by atoms with Crippen LogP contribution in [0.3, 0.4) is 0 Å². The van der Waals surface area contributed by atoms with Gasteiger partial charge in [-0.3, -0.25) is 0 Å². The highest BCUT2D eigenvalue weighted by atomic mass is 79.9. The van der Waals surface area contributed by atoms with E-state index in [0.717, 1.165) is 16.7 Å². The van der Waals surface area contributed by atoms with Gasteiger partial charge in [-0.05, 0) is 37.3 Å². The number of benzene rings is 1.